The molecule has 18 heavy (non-hydrogen) atoms. The summed E-state index contributed by atoms with van der Waals surface area (Å²) in [6.07, 6.45) is 7.06. The van der Waals surface area contributed by atoms with Gasteiger partial charge in [0.25, 0.3) is 0 Å². The van der Waals surface area contributed by atoms with Crippen LogP contribution in [-0.4, -0.2) is 37.1 Å². The molecule has 1 aliphatic heterocycles. The normalized spacial score (nSPS) is 47.7. The van der Waals surface area contributed by atoms with E-state index >= 15 is 0 Å². The van der Waals surface area contributed by atoms with E-state index in [2.05, 4.69) is 38.0 Å². The lowest BCUT2D eigenvalue weighted by Gasteiger charge is -2.42. The summed E-state index contributed by atoms with van der Waals surface area (Å²) < 4.78 is 0. The Morgan fingerprint density at radius 3 is 2.50 bits per heavy atom. The van der Waals surface area contributed by atoms with Gasteiger partial charge >= 0.3 is 0 Å². The SMILES string of the molecule is CN1CCCC(NC2CC3CCC2(C)C3(C)C)C1. The topological polar surface area (TPSA) is 15.3 Å². The highest BCUT2D eigenvalue weighted by Gasteiger charge is 2.61. The van der Waals surface area contributed by atoms with Gasteiger partial charge in [-0.2, -0.15) is 0 Å². The number of nitrogens with zero attached hydrogens (tertiary/aromatic N) is 1. The van der Waals surface area contributed by atoms with E-state index in [-0.39, 0.29) is 0 Å². The average Bonchev–Trinajstić information content (AvgIpc) is 2.62. The van der Waals surface area contributed by atoms with Crippen LogP contribution in [0.1, 0.15) is 52.9 Å². The number of likely N-dealkylation sites (N-methyl/N-ethyl adjacent to an activating group) is 1. The maximum Gasteiger partial charge on any atom is 0.0198 e. The first-order valence-corrected chi connectivity index (χ1v) is 7.88. The number of likely N-dealkylation sites (tertiary alicyclic amines) is 1. The molecular formula is C16H30N2. The highest BCUT2D eigenvalue weighted by atomic mass is 15.1. The molecule has 0 aromatic carbocycles. The number of rotatable bonds is 2. The summed E-state index contributed by atoms with van der Waals surface area (Å²) >= 11 is 0. The molecule has 1 N–H and O–H groups in total. The summed E-state index contributed by atoms with van der Waals surface area (Å²) in [5, 5.41) is 4.03. The third kappa shape index (κ3) is 1.76. The minimum Gasteiger partial charge on any atom is -0.309 e. The van der Waals surface area contributed by atoms with Crippen molar-refractivity contribution in [2.24, 2.45) is 16.7 Å². The first-order chi connectivity index (χ1) is 8.43. The van der Waals surface area contributed by atoms with E-state index in [4.69, 9.17) is 0 Å². The van der Waals surface area contributed by atoms with Crippen molar-refractivity contribution in [3.63, 3.8) is 0 Å². The van der Waals surface area contributed by atoms with E-state index in [0.717, 1.165) is 18.0 Å². The van der Waals surface area contributed by atoms with E-state index in [0.29, 0.717) is 10.8 Å². The quantitative estimate of drug-likeness (QED) is 0.811. The van der Waals surface area contributed by atoms with Gasteiger partial charge in [-0.05, 0) is 62.4 Å². The third-order valence-electron chi connectivity index (χ3n) is 6.86. The van der Waals surface area contributed by atoms with Crippen molar-refractivity contribution in [1.82, 2.24) is 10.2 Å². The Balaban J connectivity index is 1.68. The minimum absolute atomic E-state index is 0.535. The fourth-order valence-corrected chi connectivity index (χ4v) is 5.04. The van der Waals surface area contributed by atoms with Crippen molar-refractivity contribution >= 4 is 0 Å². The first-order valence-electron chi connectivity index (χ1n) is 7.88. The molecule has 0 aromatic rings. The predicted octanol–water partition coefficient (Wildman–Crippen LogP) is 2.89. The zero-order valence-electron chi connectivity index (χ0n) is 12.6. The lowest BCUT2D eigenvalue weighted by Crippen LogP contribution is -2.53. The van der Waals surface area contributed by atoms with Crippen LogP contribution in [0.3, 0.4) is 0 Å². The molecule has 1 heterocycles. The van der Waals surface area contributed by atoms with Crippen LogP contribution in [0.25, 0.3) is 0 Å². The van der Waals surface area contributed by atoms with Gasteiger partial charge in [-0.3, -0.25) is 0 Å². The molecule has 2 saturated carbocycles. The predicted molar refractivity (Wildman–Crippen MR) is 76.7 cm³/mol. The van der Waals surface area contributed by atoms with Gasteiger partial charge in [-0.25, -0.2) is 0 Å². The van der Waals surface area contributed by atoms with Gasteiger partial charge in [-0.1, -0.05) is 20.8 Å². The molecule has 0 aromatic heterocycles. The number of nitrogens with one attached hydrogen (secondary N) is 1. The highest BCUT2D eigenvalue weighted by Crippen LogP contribution is 2.65. The van der Waals surface area contributed by atoms with Crippen LogP contribution in [0.5, 0.6) is 0 Å². The molecule has 0 spiro atoms. The van der Waals surface area contributed by atoms with Gasteiger partial charge in [0.1, 0.15) is 0 Å². The van der Waals surface area contributed by atoms with Crippen molar-refractivity contribution in [2.75, 3.05) is 20.1 Å². The number of fused-ring (bicyclic) bond motifs is 2. The Bertz CT molecular complexity index is 325. The summed E-state index contributed by atoms with van der Waals surface area (Å²) in [4.78, 5) is 2.49. The van der Waals surface area contributed by atoms with Crippen molar-refractivity contribution < 1.29 is 0 Å². The smallest absolute Gasteiger partial charge is 0.0198 e. The fraction of sp³-hybridized carbons (Fsp3) is 1.00. The Morgan fingerprint density at radius 1 is 1.17 bits per heavy atom. The second-order valence-electron chi connectivity index (χ2n) is 7.93. The summed E-state index contributed by atoms with van der Waals surface area (Å²) in [7, 11) is 2.26. The molecule has 4 unspecified atom stereocenters. The van der Waals surface area contributed by atoms with Crippen molar-refractivity contribution in [2.45, 2.75) is 65.0 Å². The zero-order chi connectivity index (χ0) is 13.0. The molecule has 3 fully saturated rings. The minimum atomic E-state index is 0.535. The number of hydrogen-bond donors (Lipinski definition) is 1. The van der Waals surface area contributed by atoms with Gasteiger partial charge < -0.3 is 10.2 Å². The van der Waals surface area contributed by atoms with E-state index in [1.165, 1.54) is 45.2 Å². The highest BCUT2D eigenvalue weighted by molar-refractivity contribution is 5.13. The molecule has 2 heteroatoms. The van der Waals surface area contributed by atoms with Gasteiger partial charge in [0.2, 0.25) is 0 Å². The van der Waals surface area contributed by atoms with Crippen LogP contribution in [-0.2, 0) is 0 Å². The van der Waals surface area contributed by atoms with Gasteiger partial charge in [0.05, 0.1) is 0 Å². The second-order valence-corrected chi connectivity index (χ2v) is 7.93. The van der Waals surface area contributed by atoms with Crippen molar-refractivity contribution in [3.8, 4) is 0 Å². The molecular weight excluding hydrogens is 220 g/mol. The molecule has 2 aliphatic carbocycles. The average molecular weight is 250 g/mol. The Morgan fingerprint density at radius 2 is 1.94 bits per heavy atom. The van der Waals surface area contributed by atoms with Crippen molar-refractivity contribution in [3.05, 3.63) is 0 Å². The molecule has 4 atom stereocenters. The molecule has 2 nitrogen and oxygen atoms in total. The summed E-state index contributed by atoms with van der Waals surface area (Å²) in [5.41, 5.74) is 1.08. The molecule has 1 saturated heterocycles. The molecule has 3 aliphatic rings. The lowest BCUT2D eigenvalue weighted by molar-refractivity contribution is 0.104. The monoisotopic (exact) mass is 250 g/mol. The molecule has 0 amide bonds. The van der Waals surface area contributed by atoms with Gasteiger partial charge in [-0.15, -0.1) is 0 Å². The second kappa shape index (κ2) is 4.21. The van der Waals surface area contributed by atoms with Crippen LogP contribution < -0.4 is 5.32 Å². The van der Waals surface area contributed by atoms with E-state index in [9.17, 15) is 0 Å². The van der Waals surface area contributed by atoms with Crippen LogP contribution >= 0.6 is 0 Å². The maximum absolute atomic E-state index is 4.03. The van der Waals surface area contributed by atoms with E-state index in [1.807, 2.05) is 0 Å². The largest absolute Gasteiger partial charge is 0.309 e. The van der Waals surface area contributed by atoms with E-state index in [1.54, 1.807) is 0 Å². The summed E-state index contributed by atoms with van der Waals surface area (Å²) in [5.74, 6) is 0.960. The summed E-state index contributed by atoms with van der Waals surface area (Å²) in [6.45, 7) is 10.1. The number of hydrogen-bond acceptors (Lipinski definition) is 2. The fourth-order valence-electron chi connectivity index (χ4n) is 5.04. The van der Waals surface area contributed by atoms with Gasteiger partial charge in [0, 0.05) is 18.6 Å². The van der Waals surface area contributed by atoms with Crippen LogP contribution in [0, 0.1) is 16.7 Å². The molecule has 3 rings (SSSR count). The molecule has 2 bridgehead atoms. The van der Waals surface area contributed by atoms with Crippen LogP contribution in [0.2, 0.25) is 0 Å². The lowest BCUT2D eigenvalue weighted by atomic mass is 9.69. The zero-order valence-corrected chi connectivity index (χ0v) is 12.6. The van der Waals surface area contributed by atoms with Crippen molar-refractivity contribution in [1.29, 1.82) is 0 Å². The standard InChI is InChI=1S/C16H30N2/c1-15(2)12-7-8-16(15,3)14(10-12)17-13-6-5-9-18(4)11-13/h12-14,17H,5-11H2,1-4H3. The Labute approximate surface area is 113 Å². The van der Waals surface area contributed by atoms with E-state index < -0.39 is 0 Å². The Hall–Kier alpha value is -0.0800. The van der Waals surface area contributed by atoms with Gasteiger partial charge in [0.15, 0.2) is 0 Å². The molecule has 0 radical (unpaired) electrons. The third-order valence-corrected chi connectivity index (χ3v) is 6.86. The number of piperidine rings is 1. The summed E-state index contributed by atoms with van der Waals surface area (Å²) in [6, 6.07) is 1.50. The maximum atomic E-state index is 4.03. The van der Waals surface area contributed by atoms with Crippen LogP contribution in [0.4, 0.5) is 0 Å². The Kier molecular flexibility index (Phi) is 3.02. The molecule has 104 valence electrons. The first kappa shape index (κ1) is 12.9. The van der Waals surface area contributed by atoms with Crippen LogP contribution in [0.15, 0.2) is 0 Å².